The summed E-state index contributed by atoms with van der Waals surface area (Å²) >= 11 is 0. The lowest BCUT2D eigenvalue weighted by Crippen LogP contribution is -2.32. The smallest absolute Gasteiger partial charge is 0.253 e. The van der Waals surface area contributed by atoms with Crippen molar-refractivity contribution in [1.29, 1.82) is 0 Å². The SMILES string of the molecule is CC(C)CN(C)C(=O)c1cccc(CCc2cccc(C(=O)N(C)C(C)C)c2)c1. The van der Waals surface area contributed by atoms with Crippen LogP contribution < -0.4 is 0 Å². The zero-order chi connectivity index (χ0) is 21.6. The van der Waals surface area contributed by atoms with Gasteiger partial charge in [0.2, 0.25) is 0 Å². The summed E-state index contributed by atoms with van der Waals surface area (Å²) in [4.78, 5) is 28.7. The normalized spacial score (nSPS) is 11.0. The minimum Gasteiger partial charge on any atom is -0.341 e. The van der Waals surface area contributed by atoms with Gasteiger partial charge in [0.25, 0.3) is 11.8 Å². The monoisotopic (exact) mass is 394 g/mol. The van der Waals surface area contributed by atoms with Crippen molar-refractivity contribution < 1.29 is 9.59 Å². The average Bonchev–Trinajstić information content (AvgIpc) is 2.70. The Morgan fingerprint density at radius 3 is 1.72 bits per heavy atom. The quantitative estimate of drug-likeness (QED) is 0.652. The predicted molar refractivity (Wildman–Crippen MR) is 119 cm³/mol. The van der Waals surface area contributed by atoms with Crippen LogP contribution in [0.2, 0.25) is 0 Å². The average molecular weight is 395 g/mol. The minimum absolute atomic E-state index is 0.0441. The number of carbonyl (C=O) groups is 2. The second kappa shape index (κ2) is 10.2. The Hall–Kier alpha value is -2.62. The van der Waals surface area contributed by atoms with Gasteiger partial charge in [0, 0.05) is 37.8 Å². The number of benzene rings is 2. The van der Waals surface area contributed by atoms with Gasteiger partial charge in [-0.15, -0.1) is 0 Å². The molecule has 2 aromatic rings. The summed E-state index contributed by atoms with van der Waals surface area (Å²) < 4.78 is 0. The molecule has 29 heavy (non-hydrogen) atoms. The van der Waals surface area contributed by atoms with Crippen molar-refractivity contribution in [2.45, 2.75) is 46.6 Å². The molecule has 0 aromatic heterocycles. The van der Waals surface area contributed by atoms with Crippen molar-refractivity contribution in [3.05, 3.63) is 70.8 Å². The molecule has 0 N–H and O–H groups in total. The number of hydrogen-bond donors (Lipinski definition) is 0. The van der Waals surface area contributed by atoms with E-state index in [0.29, 0.717) is 5.92 Å². The molecule has 0 aliphatic carbocycles. The summed E-state index contributed by atoms with van der Waals surface area (Å²) in [5, 5.41) is 0. The van der Waals surface area contributed by atoms with E-state index in [0.717, 1.165) is 41.6 Å². The molecule has 0 spiro atoms. The molecule has 0 heterocycles. The first-order valence-electron chi connectivity index (χ1n) is 10.4. The van der Waals surface area contributed by atoms with Crippen molar-refractivity contribution >= 4 is 11.8 Å². The number of hydrogen-bond acceptors (Lipinski definition) is 2. The van der Waals surface area contributed by atoms with Crippen LogP contribution in [-0.2, 0) is 12.8 Å². The van der Waals surface area contributed by atoms with E-state index in [1.54, 1.807) is 9.80 Å². The maximum absolute atomic E-state index is 12.6. The Kier molecular flexibility index (Phi) is 8.00. The van der Waals surface area contributed by atoms with E-state index < -0.39 is 0 Å². The number of nitrogens with zero attached hydrogens (tertiary/aromatic N) is 2. The van der Waals surface area contributed by atoms with Crippen molar-refractivity contribution in [2.24, 2.45) is 5.92 Å². The van der Waals surface area contributed by atoms with E-state index in [-0.39, 0.29) is 17.9 Å². The van der Waals surface area contributed by atoms with Crippen LogP contribution in [0.3, 0.4) is 0 Å². The third-order valence-corrected chi connectivity index (χ3v) is 5.13. The Morgan fingerprint density at radius 1 is 0.793 bits per heavy atom. The molecule has 0 bridgehead atoms. The van der Waals surface area contributed by atoms with Crippen molar-refractivity contribution in [3.8, 4) is 0 Å². The van der Waals surface area contributed by atoms with Gasteiger partial charge in [-0.25, -0.2) is 0 Å². The van der Waals surface area contributed by atoms with E-state index in [1.165, 1.54) is 0 Å². The molecule has 4 nitrogen and oxygen atoms in total. The van der Waals surface area contributed by atoms with E-state index in [9.17, 15) is 9.59 Å². The molecule has 0 saturated carbocycles. The van der Waals surface area contributed by atoms with Gasteiger partial charge in [-0.2, -0.15) is 0 Å². The second-order valence-electron chi connectivity index (χ2n) is 8.49. The van der Waals surface area contributed by atoms with Crippen molar-refractivity contribution in [1.82, 2.24) is 9.80 Å². The highest BCUT2D eigenvalue weighted by Gasteiger charge is 2.15. The lowest BCUT2D eigenvalue weighted by Gasteiger charge is -2.21. The number of carbonyl (C=O) groups excluding carboxylic acids is 2. The number of amides is 2. The summed E-state index contributed by atoms with van der Waals surface area (Å²) in [5.41, 5.74) is 3.71. The lowest BCUT2D eigenvalue weighted by molar-refractivity contribution is 0.0752. The van der Waals surface area contributed by atoms with E-state index in [2.05, 4.69) is 26.0 Å². The first-order valence-corrected chi connectivity index (χ1v) is 10.4. The summed E-state index contributed by atoms with van der Waals surface area (Å²) in [6, 6.07) is 15.9. The molecule has 0 aliphatic heterocycles. The zero-order valence-electron chi connectivity index (χ0n) is 18.6. The number of aryl methyl sites for hydroxylation is 2. The lowest BCUT2D eigenvalue weighted by atomic mass is 10.0. The first-order chi connectivity index (χ1) is 13.7. The summed E-state index contributed by atoms with van der Waals surface area (Å²) in [7, 11) is 3.68. The third kappa shape index (κ3) is 6.45. The van der Waals surface area contributed by atoms with Crippen molar-refractivity contribution in [2.75, 3.05) is 20.6 Å². The van der Waals surface area contributed by atoms with Gasteiger partial charge in [-0.1, -0.05) is 38.1 Å². The van der Waals surface area contributed by atoms with Crippen LogP contribution in [0.1, 0.15) is 59.5 Å². The molecule has 0 fully saturated rings. The van der Waals surface area contributed by atoms with Crippen LogP contribution in [0.25, 0.3) is 0 Å². The summed E-state index contributed by atoms with van der Waals surface area (Å²) in [6.45, 7) is 8.98. The molecule has 0 atom stereocenters. The van der Waals surface area contributed by atoms with Crippen LogP contribution in [-0.4, -0.2) is 48.3 Å². The van der Waals surface area contributed by atoms with Gasteiger partial charge in [-0.3, -0.25) is 9.59 Å². The van der Waals surface area contributed by atoms with Crippen LogP contribution in [0.4, 0.5) is 0 Å². The highest BCUT2D eigenvalue weighted by Crippen LogP contribution is 2.14. The van der Waals surface area contributed by atoms with Crippen LogP contribution in [0, 0.1) is 5.92 Å². The molecular formula is C25H34N2O2. The molecule has 156 valence electrons. The molecule has 4 heteroatoms. The summed E-state index contributed by atoms with van der Waals surface area (Å²) in [5.74, 6) is 0.546. The largest absolute Gasteiger partial charge is 0.341 e. The summed E-state index contributed by atoms with van der Waals surface area (Å²) in [6.07, 6.45) is 1.65. The van der Waals surface area contributed by atoms with Gasteiger partial charge in [0.05, 0.1) is 0 Å². The van der Waals surface area contributed by atoms with Gasteiger partial charge in [0.1, 0.15) is 0 Å². The molecule has 0 aliphatic rings. The molecular weight excluding hydrogens is 360 g/mol. The molecule has 0 unspecified atom stereocenters. The van der Waals surface area contributed by atoms with E-state index >= 15 is 0 Å². The standard InChI is InChI=1S/C25H34N2O2/c1-18(2)17-26(5)24(28)22-11-7-9-20(15-22)13-14-21-10-8-12-23(16-21)25(29)27(6)19(3)4/h7-12,15-16,18-19H,13-14,17H2,1-6H3. The third-order valence-electron chi connectivity index (χ3n) is 5.13. The Bertz CT molecular complexity index is 842. The fourth-order valence-corrected chi connectivity index (χ4v) is 3.30. The minimum atomic E-state index is 0.0441. The Labute approximate surface area is 175 Å². The molecule has 2 rings (SSSR count). The maximum atomic E-state index is 12.6. The van der Waals surface area contributed by atoms with Crippen molar-refractivity contribution in [3.63, 3.8) is 0 Å². The maximum Gasteiger partial charge on any atom is 0.253 e. The first kappa shape index (κ1) is 22.7. The number of rotatable bonds is 8. The molecule has 2 aromatic carbocycles. The van der Waals surface area contributed by atoms with Crippen LogP contribution >= 0.6 is 0 Å². The fraction of sp³-hybridized carbons (Fsp3) is 0.440. The molecule has 2 amide bonds. The van der Waals surface area contributed by atoms with E-state index in [4.69, 9.17) is 0 Å². The fourth-order valence-electron chi connectivity index (χ4n) is 3.30. The molecule has 0 saturated heterocycles. The van der Waals surface area contributed by atoms with Crippen LogP contribution in [0.15, 0.2) is 48.5 Å². The molecule has 0 radical (unpaired) electrons. The second-order valence-corrected chi connectivity index (χ2v) is 8.49. The Morgan fingerprint density at radius 2 is 1.28 bits per heavy atom. The highest BCUT2D eigenvalue weighted by atomic mass is 16.2. The topological polar surface area (TPSA) is 40.6 Å². The van der Waals surface area contributed by atoms with E-state index in [1.807, 2.05) is 64.3 Å². The van der Waals surface area contributed by atoms with Gasteiger partial charge in [-0.05, 0) is 68.0 Å². The van der Waals surface area contributed by atoms with Crippen LogP contribution in [0.5, 0.6) is 0 Å². The van der Waals surface area contributed by atoms with Gasteiger partial charge < -0.3 is 9.80 Å². The van der Waals surface area contributed by atoms with Gasteiger partial charge in [0.15, 0.2) is 0 Å². The van der Waals surface area contributed by atoms with Gasteiger partial charge >= 0.3 is 0 Å². The zero-order valence-corrected chi connectivity index (χ0v) is 18.6. The highest BCUT2D eigenvalue weighted by molar-refractivity contribution is 5.94. The predicted octanol–water partition coefficient (Wildman–Crippen LogP) is 4.68. The Balaban J connectivity index is 2.06.